The van der Waals surface area contributed by atoms with Crippen molar-refractivity contribution < 1.29 is 9.53 Å². The molecule has 2 aromatic carbocycles. The van der Waals surface area contributed by atoms with Crippen molar-refractivity contribution in [1.82, 2.24) is 9.80 Å². The molecule has 4 heteroatoms. The minimum absolute atomic E-state index is 0.0327. The van der Waals surface area contributed by atoms with E-state index in [0.717, 1.165) is 45.3 Å². The first-order valence-corrected chi connectivity index (χ1v) is 11.2. The number of benzene rings is 2. The summed E-state index contributed by atoms with van der Waals surface area (Å²) < 4.78 is 5.70. The summed E-state index contributed by atoms with van der Waals surface area (Å²) >= 11 is 0. The molecule has 2 saturated heterocycles. The first kappa shape index (κ1) is 20.9. The normalized spacial score (nSPS) is 22.6. The molecule has 2 aliphatic rings. The van der Waals surface area contributed by atoms with Crippen molar-refractivity contribution in [3.05, 3.63) is 71.8 Å². The minimum Gasteiger partial charge on any atom is -0.444 e. The third-order valence-corrected chi connectivity index (χ3v) is 6.53. The highest BCUT2D eigenvalue weighted by molar-refractivity contribution is 5.70. The molecule has 0 bridgehead atoms. The van der Waals surface area contributed by atoms with Gasteiger partial charge in [0.1, 0.15) is 5.60 Å². The van der Waals surface area contributed by atoms with Crippen LogP contribution >= 0.6 is 0 Å². The molecule has 1 unspecified atom stereocenters. The lowest BCUT2D eigenvalue weighted by Crippen LogP contribution is -2.63. The van der Waals surface area contributed by atoms with Gasteiger partial charge in [-0.2, -0.15) is 0 Å². The molecule has 0 aromatic heterocycles. The third kappa shape index (κ3) is 4.39. The monoisotopic (exact) mass is 406 g/mol. The average Bonchev–Trinajstić information content (AvgIpc) is 2.92. The molecule has 1 atom stereocenters. The SMILES string of the molecule is CC(C)(C)OC(=O)N1CCC12CCCN(C(c1ccccc1)c1ccccc1)CC2. The number of nitrogens with zero attached hydrogens (tertiary/aromatic N) is 2. The second kappa shape index (κ2) is 8.43. The van der Waals surface area contributed by atoms with Crippen molar-refractivity contribution in [3.63, 3.8) is 0 Å². The summed E-state index contributed by atoms with van der Waals surface area (Å²) in [5.41, 5.74) is 2.18. The van der Waals surface area contributed by atoms with E-state index in [1.165, 1.54) is 11.1 Å². The number of hydrogen-bond acceptors (Lipinski definition) is 3. The van der Waals surface area contributed by atoms with Crippen LogP contribution in [0.25, 0.3) is 0 Å². The molecule has 0 aliphatic carbocycles. The molecule has 1 amide bonds. The minimum atomic E-state index is -0.448. The second-order valence-electron chi connectivity index (χ2n) is 9.72. The van der Waals surface area contributed by atoms with Crippen molar-refractivity contribution >= 4 is 6.09 Å². The smallest absolute Gasteiger partial charge is 0.410 e. The van der Waals surface area contributed by atoms with Gasteiger partial charge >= 0.3 is 6.09 Å². The number of likely N-dealkylation sites (tertiary alicyclic amines) is 2. The molecule has 2 fully saturated rings. The maximum Gasteiger partial charge on any atom is 0.410 e. The Hall–Kier alpha value is -2.33. The molecule has 2 aliphatic heterocycles. The van der Waals surface area contributed by atoms with Gasteiger partial charge in [-0.05, 0) is 64.1 Å². The van der Waals surface area contributed by atoms with E-state index >= 15 is 0 Å². The Morgan fingerprint density at radius 3 is 1.93 bits per heavy atom. The van der Waals surface area contributed by atoms with Crippen LogP contribution < -0.4 is 0 Å². The Kier molecular flexibility index (Phi) is 5.88. The van der Waals surface area contributed by atoms with Crippen molar-refractivity contribution in [2.24, 2.45) is 0 Å². The Balaban J connectivity index is 1.53. The van der Waals surface area contributed by atoms with Crippen LogP contribution in [-0.2, 0) is 4.74 Å². The van der Waals surface area contributed by atoms with Crippen LogP contribution in [-0.4, -0.2) is 46.7 Å². The molecule has 0 N–H and O–H groups in total. The fourth-order valence-electron chi connectivity index (χ4n) is 5.00. The van der Waals surface area contributed by atoms with Gasteiger partial charge in [0.15, 0.2) is 0 Å². The van der Waals surface area contributed by atoms with Gasteiger partial charge < -0.3 is 9.64 Å². The van der Waals surface area contributed by atoms with Gasteiger partial charge in [0.05, 0.1) is 6.04 Å². The van der Waals surface area contributed by atoms with Gasteiger partial charge in [-0.25, -0.2) is 4.79 Å². The van der Waals surface area contributed by atoms with Gasteiger partial charge in [-0.1, -0.05) is 60.7 Å². The summed E-state index contributed by atoms with van der Waals surface area (Å²) in [5, 5.41) is 0. The summed E-state index contributed by atoms with van der Waals surface area (Å²) in [4.78, 5) is 17.4. The molecular weight excluding hydrogens is 372 g/mol. The molecule has 2 aromatic rings. The quantitative estimate of drug-likeness (QED) is 0.661. The van der Waals surface area contributed by atoms with Crippen LogP contribution in [0.15, 0.2) is 60.7 Å². The fourth-order valence-corrected chi connectivity index (χ4v) is 5.00. The zero-order valence-corrected chi connectivity index (χ0v) is 18.5. The van der Waals surface area contributed by atoms with Crippen molar-refractivity contribution in [2.45, 2.75) is 63.6 Å². The number of hydrogen-bond donors (Lipinski definition) is 0. The van der Waals surface area contributed by atoms with E-state index < -0.39 is 5.60 Å². The van der Waals surface area contributed by atoms with Crippen LogP contribution in [0.4, 0.5) is 4.79 Å². The first-order chi connectivity index (χ1) is 14.4. The van der Waals surface area contributed by atoms with Gasteiger partial charge in [-0.15, -0.1) is 0 Å². The lowest BCUT2D eigenvalue weighted by atomic mass is 9.78. The second-order valence-corrected chi connectivity index (χ2v) is 9.72. The van der Waals surface area contributed by atoms with Crippen LogP contribution in [0.3, 0.4) is 0 Å². The highest BCUT2D eigenvalue weighted by Crippen LogP contribution is 2.42. The summed E-state index contributed by atoms with van der Waals surface area (Å²) in [6.07, 6.45) is 4.09. The molecule has 160 valence electrons. The van der Waals surface area contributed by atoms with E-state index in [0.29, 0.717) is 0 Å². The molecule has 2 heterocycles. The molecule has 4 nitrogen and oxygen atoms in total. The van der Waals surface area contributed by atoms with E-state index in [-0.39, 0.29) is 17.7 Å². The Labute approximate surface area is 180 Å². The van der Waals surface area contributed by atoms with E-state index in [9.17, 15) is 4.79 Å². The predicted octanol–water partition coefficient (Wildman–Crippen LogP) is 5.64. The first-order valence-electron chi connectivity index (χ1n) is 11.2. The topological polar surface area (TPSA) is 32.8 Å². The number of amides is 1. The Morgan fingerprint density at radius 1 is 0.867 bits per heavy atom. The van der Waals surface area contributed by atoms with E-state index in [2.05, 4.69) is 65.6 Å². The summed E-state index contributed by atoms with van der Waals surface area (Å²) in [5.74, 6) is 0. The molecule has 0 radical (unpaired) electrons. The number of carbonyl (C=O) groups excluding carboxylic acids is 1. The van der Waals surface area contributed by atoms with Crippen LogP contribution in [0.1, 0.15) is 63.6 Å². The van der Waals surface area contributed by atoms with Crippen molar-refractivity contribution in [3.8, 4) is 0 Å². The molecule has 30 heavy (non-hydrogen) atoms. The molecular formula is C26H34N2O2. The Morgan fingerprint density at radius 2 is 1.43 bits per heavy atom. The number of rotatable bonds is 3. The summed E-state index contributed by atoms with van der Waals surface area (Å²) in [6.45, 7) is 8.66. The lowest BCUT2D eigenvalue weighted by Gasteiger charge is -2.52. The maximum atomic E-state index is 12.8. The van der Waals surface area contributed by atoms with E-state index in [1.54, 1.807) is 0 Å². The zero-order valence-electron chi connectivity index (χ0n) is 18.5. The summed E-state index contributed by atoms with van der Waals surface area (Å²) in [7, 11) is 0. The standard InChI is InChI=1S/C26H34N2O2/c1-25(2,3)30-24(29)28-20-17-26(28)15-10-18-27(19-16-26)23(21-11-6-4-7-12-21)22-13-8-5-9-14-22/h4-9,11-14,23H,10,15-20H2,1-3H3. The highest BCUT2D eigenvalue weighted by Gasteiger charge is 2.49. The van der Waals surface area contributed by atoms with Crippen LogP contribution in [0, 0.1) is 0 Å². The highest BCUT2D eigenvalue weighted by atomic mass is 16.6. The average molecular weight is 407 g/mol. The lowest BCUT2D eigenvalue weighted by molar-refractivity contribution is -0.0506. The number of ether oxygens (including phenoxy) is 1. The molecule has 1 spiro atoms. The van der Waals surface area contributed by atoms with E-state index in [1.807, 2.05) is 25.7 Å². The van der Waals surface area contributed by atoms with Crippen molar-refractivity contribution in [2.75, 3.05) is 19.6 Å². The van der Waals surface area contributed by atoms with Gasteiger partial charge in [-0.3, -0.25) is 4.90 Å². The van der Waals surface area contributed by atoms with Gasteiger partial charge in [0.2, 0.25) is 0 Å². The fraction of sp³-hybridized carbons (Fsp3) is 0.500. The third-order valence-electron chi connectivity index (χ3n) is 6.53. The molecule has 0 saturated carbocycles. The van der Waals surface area contributed by atoms with Gasteiger partial charge in [0, 0.05) is 18.6 Å². The van der Waals surface area contributed by atoms with E-state index in [4.69, 9.17) is 4.74 Å². The Bertz CT molecular complexity index is 807. The van der Waals surface area contributed by atoms with Crippen LogP contribution in [0.2, 0.25) is 0 Å². The number of carbonyl (C=O) groups is 1. The zero-order chi connectivity index (χ0) is 21.2. The predicted molar refractivity (Wildman–Crippen MR) is 120 cm³/mol. The molecule has 4 rings (SSSR count). The van der Waals surface area contributed by atoms with Gasteiger partial charge in [0.25, 0.3) is 0 Å². The van der Waals surface area contributed by atoms with Crippen molar-refractivity contribution in [1.29, 1.82) is 0 Å². The maximum absolute atomic E-state index is 12.8. The largest absolute Gasteiger partial charge is 0.444 e. The van der Waals surface area contributed by atoms with Crippen LogP contribution in [0.5, 0.6) is 0 Å². The summed E-state index contributed by atoms with van der Waals surface area (Å²) in [6, 6.07) is 21.8.